The van der Waals surface area contributed by atoms with Gasteiger partial charge in [-0.25, -0.2) is 4.98 Å². The Morgan fingerprint density at radius 1 is 1.50 bits per heavy atom. The Morgan fingerprint density at radius 2 is 2.38 bits per heavy atom. The summed E-state index contributed by atoms with van der Waals surface area (Å²) >= 11 is 3.50. The summed E-state index contributed by atoms with van der Waals surface area (Å²) < 4.78 is 0. The van der Waals surface area contributed by atoms with E-state index in [1.807, 2.05) is 16.8 Å². The van der Waals surface area contributed by atoms with E-state index in [-0.39, 0.29) is 0 Å². The molecule has 4 heteroatoms. The molecule has 16 heavy (non-hydrogen) atoms. The third-order valence-electron chi connectivity index (χ3n) is 2.82. The number of likely N-dealkylation sites (N-methyl/N-ethyl adjacent to an activating group) is 1. The highest BCUT2D eigenvalue weighted by molar-refractivity contribution is 7.10. The summed E-state index contributed by atoms with van der Waals surface area (Å²) in [7, 11) is 2.18. The van der Waals surface area contributed by atoms with Crippen molar-refractivity contribution in [2.45, 2.75) is 19.4 Å². The maximum absolute atomic E-state index is 4.30. The summed E-state index contributed by atoms with van der Waals surface area (Å²) in [6, 6.07) is 4.82. The van der Waals surface area contributed by atoms with Crippen molar-refractivity contribution >= 4 is 22.7 Å². The van der Waals surface area contributed by atoms with Crippen LogP contribution in [0, 0.1) is 0 Å². The second kappa shape index (κ2) is 5.57. The molecule has 0 amide bonds. The lowest BCUT2D eigenvalue weighted by atomic mass is 10.2. The standard InChI is InChI=1S/C12H16N2S2/c1-10(12-4-3-7-16-12)14(2)6-5-11-8-15-9-13-11/h3-4,7-10H,5-6H2,1-2H3. The van der Waals surface area contributed by atoms with Crippen molar-refractivity contribution in [3.8, 4) is 0 Å². The second-order valence-corrected chi connectivity index (χ2v) is 5.60. The van der Waals surface area contributed by atoms with Crippen LogP contribution in [0.3, 0.4) is 0 Å². The zero-order valence-corrected chi connectivity index (χ0v) is 11.2. The predicted octanol–water partition coefficient (Wildman–Crippen LogP) is 3.44. The van der Waals surface area contributed by atoms with Crippen molar-refractivity contribution in [2.75, 3.05) is 13.6 Å². The van der Waals surface area contributed by atoms with Crippen LogP contribution < -0.4 is 0 Å². The molecule has 0 aromatic carbocycles. The molecule has 0 spiro atoms. The molecule has 0 saturated heterocycles. The normalized spacial score (nSPS) is 13.2. The van der Waals surface area contributed by atoms with E-state index in [1.165, 1.54) is 10.6 Å². The van der Waals surface area contributed by atoms with Crippen LogP contribution in [0.1, 0.15) is 23.5 Å². The molecule has 2 nitrogen and oxygen atoms in total. The number of rotatable bonds is 5. The van der Waals surface area contributed by atoms with Crippen molar-refractivity contribution in [1.29, 1.82) is 0 Å². The van der Waals surface area contributed by atoms with E-state index in [1.54, 1.807) is 11.3 Å². The van der Waals surface area contributed by atoms with Gasteiger partial charge in [-0.2, -0.15) is 0 Å². The highest BCUT2D eigenvalue weighted by Gasteiger charge is 2.12. The van der Waals surface area contributed by atoms with Gasteiger partial charge in [0.15, 0.2) is 0 Å². The largest absolute Gasteiger partial charge is 0.298 e. The molecule has 0 aliphatic rings. The van der Waals surface area contributed by atoms with E-state index in [0.29, 0.717) is 6.04 Å². The minimum absolute atomic E-state index is 0.499. The Labute approximate surface area is 105 Å². The lowest BCUT2D eigenvalue weighted by Gasteiger charge is -2.23. The van der Waals surface area contributed by atoms with E-state index < -0.39 is 0 Å². The van der Waals surface area contributed by atoms with Gasteiger partial charge in [0.25, 0.3) is 0 Å². The first-order valence-corrected chi connectivity index (χ1v) is 7.20. The summed E-state index contributed by atoms with van der Waals surface area (Å²) in [6.45, 7) is 3.32. The Bertz CT molecular complexity index is 395. The number of thiazole rings is 1. The molecule has 0 aliphatic heterocycles. The molecule has 0 N–H and O–H groups in total. The predicted molar refractivity (Wildman–Crippen MR) is 71.2 cm³/mol. The average molecular weight is 252 g/mol. The number of hydrogen-bond acceptors (Lipinski definition) is 4. The Hall–Kier alpha value is -0.710. The van der Waals surface area contributed by atoms with Crippen molar-refractivity contribution in [2.24, 2.45) is 0 Å². The van der Waals surface area contributed by atoms with Crippen molar-refractivity contribution in [3.63, 3.8) is 0 Å². The van der Waals surface area contributed by atoms with Crippen LogP contribution in [0.25, 0.3) is 0 Å². The molecule has 2 aromatic heterocycles. The van der Waals surface area contributed by atoms with Crippen LogP contribution in [0.5, 0.6) is 0 Å². The molecular weight excluding hydrogens is 236 g/mol. The smallest absolute Gasteiger partial charge is 0.0794 e. The quantitative estimate of drug-likeness (QED) is 0.810. The summed E-state index contributed by atoms with van der Waals surface area (Å²) in [5.74, 6) is 0. The van der Waals surface area contributed by atoms with Crippen LogP contribution in [-0.4, -0.2) is 23.5 Å². The van der Waals surface area contributed by atoms with Crippen LogP contribution in [0.15, 0.2) is 28.4 Å². The molecule has 0 aliphatic carbocycles. The van der Waals surface area contributed by atoms with Gasteiger partial charge >= 0.3 is 0 Å². The van der Waals surface area contributed by atoms with E-state index in [0.717, 1.165) is 13.0 Å². The van der Waals surface area contributed by atoms with Gasteiger partial charge < -0.3 is 0 Å². The van der Waals surface area contributed by atoms with E-state index in [9.17, 15) is 0 Å². The zero-order chi connectivity index (χ0) is 11.4. The fourth-order valence-corrected chi connectivity index (χ4v) is 3.03. The minimum atomic E-state index is 0.499. The van der Waals surface area contributed by atoms with Crippen molar-refractivity contribution in [3.05, 3.63) is 39.0 Å². The van der Waals surface area contributed by atoms with E-state index in [2.05, 4.69) is 46.7 Å². The first kappa shape index (κ1) is 11.8. The number of hydrogen-bond donors (Lipinski definition) is 0. The summed E-state index contributed by atoms with van der Waals surface area (Å²) in [6.07, 6.45) is 1.04. The number of nitrogens with zero attached hydrogens (tertiary/aromatic N) is 2. The SMILES string of the molecule is CC(c1cccs1)N(C)CCc1cscn1. The summed E-state index contributed by atoms with van der Waals surface area (Å²) in [5, 5.41) is 4.27. The average Bonchev–Trinajstić information content (AvgIpc) is 2.96. The van der Waals surface area contributed by atoms with Gasteiger partial charge in [0.1, 0.15) is 0 Å². The van der Waals surface area contributed by atoms with Crippen LogP contribution >= 0.6 is 22.7 Å². The van der Waals surface area contributed by atoms with Crippen molar-refractivity contribution in [1.82, 2.24) is 9.88 Å². The third kappa shape index (κ3) is 2.90. The molecule has 0 fully saturated rings. The van der Waals surface area contributed by atoms with Gasteiger partial charge in [-0.15, -0.1) is 22.7 Å². The minimum Gasteiger partial charge on any atom is -0.298 e. The van der Waals surface area contributed by atoms with E-state index >= 15 is 0 Å². The second-order valence-electron chi connectivity index (χ2n) is 3.90. The van der Waals surface area contributed by atoms with Gasteiger partial charge in [-0.3, -0.25) is 4.90 Å². The lowest BCUT2D eigenvalue weighted by molar-refractivity contribution is 0.267. The molecule has 2 heterocycles. The first-order valence-electron chi connectivity index (χ1n) is 5.38. The Morgan fingerprint density at radius 3 is 3.00 bits per heavy atom. The third-order valence-corrected chi connectivity index (χ3v) is 4.50. The molecular formula is C12H16N2S2. The topological polar surface area (TPSA) is 16.1 Å². The van der Waals surface area contributed by atoms with Gasteiger partial charge in [-0.1, -0.05) is 6.07 Å². The summed E-state index contributed by atoms with van der Waals surface area (Å²) in [5.41, 5.74) is 3.10. The lowest BCUT2D eigenvalue weighted by Crippen LogP contribution is -2.24. The highest BCUT2D eigenvalue weighted by Crippen LogP contribution is 2.23. The van der Waals surface area contributed by atoms with Crippen LogP contribution in [-0.2, 0) is 6.42 Å². The first-order chi connectivity index (χ1) is 7.77. The fourth-order valence-electron chi connectivity index (χ4n) is 1.59. The molecule has 0 radical (unpaired) electrons. The maximum atomic E-state index is 4.30. The van der Waals surface area contributed by atoms with Gasteiger partial charge in [-0.05, 0) is 25.4 Å². The monoisotopic (exact) mass is 252 g/mol. The molecule has 2 aromatic rings. The molecule has 0 bridgehead atoms. The number of thiophene rings is 1. The Kier molecular flexibility index (Phi) is 4.09. The van der Waals surface area contributed by atoms with E-state index in [4.69, 9.17) is 0 Å². The van der Waals surface area contributed by atoms with Gasteiger partial charge in [0.05, 0.1) is 11.2 Å². The molecule has 86 valence electrons. The molecule has 1 unspecified atom stereocenters. The fraction of sp³-hybridized carbons (Fsp3) is 0.417. The Balaban J connectivity index is 1.86. The number of aromatic nitrogens is 1. The molecule has 1 atom stereocenters. The summed E-state index contributed by atoms with van der Waals surface area (Å²) in [4.78, 5) is 8.12. The van der Waals surface area contributed by atoms with Crippen LogP contribution in [0.2, 0.25) is 0 Å². The zero-order valence-electron chi connectivity index (χ0n) is 9.59. The molecule has 0 saturated carbocycles. The van der Waals surface area contributed by atoms with Gasteiger partial charge in [0.2, 0.25) is 0 Å². The van der Waals surface area contributed by atoms with Crippen molar-refractivity contribution < 1.29 is 0 Å². The highest BCUT2D eigenvalue weighted by atomic mass is 32.1. The van der Waals surface area contributed by atoms with Crippen LogP contribution in [0.4, 0.5) is 0 Å². The molecule has 2 rings (SSSR count). The van der Waals surface area contributed by atoms with Gasteiger partial charge in [0, 0.05) is 29.3 Å². The maximum Gasteiger partial charge on any atom is 0.0794 e.